The van der Waals surface area contributed by atoms with E-state index in [-0.39, 0.29) is 10.8 Å². The minimum absolute atomic E-state index is 0.00684. The van der Waals surface area contributed by atoms with E-state index in [1.54, 1.807) is 0 Å². The third-order valence-corrected chi connectivity index (χ3v) is 4.76. The van der Waals surface area contributed by atoms with E-state index >= 15 is 0 Å². The van der Waals surface area contributed by atoms with E-state index in [4.69, 9.17) is 9.88 Å². The summed E-state index contributed by atoms with van der Waals surface area (Å²) in [5.74, 6) is 1.10. The first kappa shape index (κ1) is 19.9. The lowest BCUT2D eigenvalue weighted by Crippen LogP contribution is -2.14. The fraction of sp³-hybridized carbons (Fsp3) is 0.316. The molecule has 0 aromatic heterocycles. The molecule has 0 aliphatic carbocycles. The lowest BCUT2D eigenvalue weighted by Gasteiger charge is -2.09. The van der Waals surface area contributed by atoms with Crippen LogP contribution in [-0.2, 0) is 14.8 Å². The SMILES string of the molecule is CC(C)c1ccc(OCCCC(=O)Nc2ccc(S(N)(=O)=O)cc2)cc1. The zero-order valence-corrected chi connectivity index (χ0v) is 15.8. The van der Waals surface area contributed by atoms with Crippen molar-refractivity contribution in [2.24, 2.45) is 5.14 Å². The summed E-state index contributed by atoms with van der Waals surface area (Å²) in [5, 5.41) is 7.74. The molecule has 6 nitrogen and oxygen atoms in total. The van der Waals surface area contributed by atoms with Gasteiger partial charge in [-0.3, -0.25) is 4.79 Å². The highest BCUT2D eigenvalue weighted by Crippen LogP contribution is 2.19. The Labute approximate surface area is 154 Å². The second kappa shape index (κ2) is 8.82. The average Bonchev–Trinajstić information content (AvgIpc) is 2.59. The summed E-state index contributed by atoms with van der Waals surface area (Å²) in [5.41, 5.74) is 1.78. The van der Waals surface area contributed by atoms with Crippen molar-refractivity contribution in [2.75, 3.05) is 11.9 Å². The summed E-state index contributed by atoms with van der Waals surface area (Å²) >= 11 is 0. The van der Waals surface area contributed by atoms with Gasteiger partial charge in [0, 0.05) is 12.1 Å². The van der Waals surface area contributed by atoms with Crippen LogP contribution in [0.2, 0.25) is 0 Å². The minimum Gasteiger partial charge on any atom is -0.494 e. The summed E-state index contributed by atoms with van der Waals surface area (Å²) < 4.78 is 28.0. The van der Waals surface area contributed by atoms with E-state index in [0.717, 1.165) is 5.75 Å². The van der Waals surface area contributed by atoms with Crippen LogP contribution >= 0.6 is 0 Å². The highest BCUT2D eigenvalue weighted by Gasteiger charge is 2.08. The second-order valence-corrected chi connectivity index (χ2v) is 7.85. The number of anilines is 1. The normalized spacial score (nSPS) is 11.4. The molecule has 0 unspecified atom stereocenters. The van der Waals surface area contributed by atoms with Gasteiger partial charge in [-0.25, -0.2) is 13.6 Å². The fourth-order valence-electron chi connectivity index (χ4n) is 2.32. The van der Waals surface area contributed by atoms with Crippen LogP contribution in [0, 0.1) is 0 Å². The van der Waals surface area contributed by atoms with Crippen molar-refractivity contribution in [2.45, 2.75) is 37.5 Å². The van der Waals surface area contributed by atoms with Crippen molar-refractivity contribution in [1.29, 1.82) is 0 Å². The molecule has 0 saturated heterocycles. The van der Waals surface area contributed by atoms with Crippen molar-refractivity contribution in [3.05, 3.63) is 54.1 Å². The lowest BCUT2D eigenvalue weighted by atomic mass is 10.0. The molecule has 2 rings (SSSR count). The highest BCUT2D eigenvalue weighted by atomic mass is 32.2. The van der Waals surface area contributed by atoms with E-state index in [1.807, 2.05) is 24.3 Å². The van der Waals surface area contributed by atoms with Crippen molar-refractivity contribution in [3.8, 4) is 5.75 Å². The van der Waals surface area contributed by atoms with Crippen LogP contribution in [0.3, 0.4) is 0 Å². The predicted molar refractivity (Wildman–Crippen MR) is 102 cm³/mol. The third-order valence-electron chi connectivity index (χ3n) is 3.83. The number of hydrogen-bond donors (Lipinski definition) is 2. The number of sulfonamides is 1. The number of amides is 1. The average molecular weight is 376 g/mol. The monoisotopic (exact) mass is 376 g/mol. The first-order valence-electron chi connectivity index (χ1n) is 8.41. The van der Waals surface area contributed by atoms with Gasteiger partial charge in [0.2, 0.25) is 15.9 Å². The molecule has 3 N–H and O–H groups in total. The molecule has 140 valence electrons. The minimum atomic E-state index is -3.73. The van der Waals surface area contributed by atoms with E-state index in [0.29, 0.717) is 31.1 Å². The first-order valence-corrected chi connectivity index (χ1v) is 9.96. The number of carbonyl (C=O) groups excluding carboxylic acids is 1. The molecule has 0 atom stereocenters. The number of benzene rings is 2. The molecule has 0 spiro atoms. The molecule has 0 bridgehead atoms. The van der Waals surface area contributed by atoms with Gasteiger partial charge in [-0.2, -0.15) is 0 Å². The van der Waals surface area contributed by atoms with Crippen molar-refractivity contribution < 1.29 is 17.9 Å². The Morgan fingerprint density at radius 2 is 1.69 bits per heavy atom. The van der Waals surface area contributed by atoms with Crippen LogP contribution in [0.15, 0.2) is 53.4 Å². The second-order valence-electron chi connectivity index (χ2n) is 6.29. The molecule has 0 aliphatic heterocycles. The van der Waals surface area contributed by atoms with Gasteiger partial charge in [0.25, 0.3) is 0 Å². The molecule has 0 aliphatic rings. The van der Waals surface area contributed by atoms with Gasteiger partial charge in [0.1, 0.15) is 5.75 Å². The number of ether oxygens (including phenoxy) is 1. The number of carbonyl (C=O) groups is 1. The Morgan fingerprint density at radius 3 is 2.23 bits per heavy atom. The van der Waals surface area contributed by atoms with Crippen LogP contribution in [0.25, 0.3) is 0 Å². The first-order chi connectivity index (χ1) is 12.3. The summed E-state index contributed by atoms with van der Waals surface area (Å²) in [6, 6.07) is 13.7. The van der Waals surface area contributed by atoms with Crippen LogP contribution in [0.5, 0.6) is 5.75 Å². The van der Waals surface area contributed by atoms with E-state index in [9.17, 15) is 13.2 Å². The maximum atomic E-state index is 11.9. The summed E-state index contributed by atoms with van der Waals surface area (Å²) in [7, 11) is -3.73. The van der Waals surface area contributed by atoms with Gasteiger partial charge in [-0.15, -0.1) is 0 Å². The maximum absolute atomic E-state index is 11.9. The van der Waals surface area contributed by atoms with Crippen molar-refractivity contribution >= 4 is 21.6 Å². The molecule has 7 heteroatoms. The smallest absolute Gasteiger partial charge is 0.238 e. The molecule has 0 fully saturated rings. The molecule has 0 saturated carbocycles. The maximum Gasteiger partial charge on any atom is 0.238 e. The van der Waals surface area contributed by atoms with Crippen molar-refractivity contribution in [3.63, 3.8) is 0 Å². The Kier molecular flexibility index (Phi) is 6.76. The van der Waals surface area contributed by atoms with Gasteiger partial charge >= 0.3 is 0 Å². The molecule has 2 aromatic rings. The number of nitrogens with one attached hydrogen (secondary N) is 1. The van der Waals surface area contributed by atoms with Gasteiger partial charge in [-0.05, 0) is 54.3 Å². The van der Waals surface area contributed by atoms with Gasteiger partial charge in [-0.1, -0.05) is 26.0 Å². The van der Waals surface area contributed by atoms with Crippen molar-refractivity contribution in [1.82, 2.24) is 0 Å². The van der Waals surface area contributed by atoms with Gasteiger partial charge in [0.05, 0.1) is 11.5 Å². The Bertz CT molecular complexity index is 829. The fourth-order valence-corrected chi connectivity index (χ4v) is 2.84. The number of hydrogen-bond acceptors (Lipinski definition) is 4. The van der Waals surface area contributed by atoms with E-state index in [2.05, 4.69) is 19.2 Å². The largest absolute Gasteiger partial charge is 0.494 e. The summed E-state index contributed by atoms with van der Waals surface area (Å²) in [6.45, 7) is 4.72. The predicted octanol–water partition coefficient (Wildman–Crippen LogP) is 3.26. The highest BCUT2D eigenvalue weighted by molar-refractivity contribution is 7.89. The molecule has 0 heterocycles. The quantitative estimate of drug-likeness (QED) is 0.691. The standard InChI is InChI=1S/C19H24N2O4S/c1-14(2)15-5-9-17(10-6-15)25-13-3-4-19(22)21-16-7-11-18(12-8-16)26(20,23)24/h5-12,14H,3-4,13H2,1-2H3,(H,21,22)(H2,20,23,24). The summed E-state index contributed by atoms with van der Waals surface area (Å²) in [4.78, 5) is 11.9. The Hall–Kier alpha value is -2.38. The zero-order chi connectivity index (χ0) is 19.2. The van der Waals surface area contributed by atoms with Crippen LogP contribution in [0.4, 0.5) is 5.69 Å². The molecule has 2 aromatic carbocycles. The molecular weight excluding hydrogens is 352 g/mol. The number of primary sulfonamides is 1. The lowest BCUT2D eigenvalue weighted by molar-refractivity contribution is -0.116. The van der Waals surface area contributed by atoms with E-state index in [1.165, 1.54) is 29.8 Å². The van der Waals surface area contributed by atoms with Gasteiger partial charge in [0.15, 0.2) is 0 Å². The molecule has 0 radical (unpaired) electrons. The third kappa shape index (κ3) is 6.16. The van der Waals surface area contributed by atoms with Crippen LogP contribution in [-0.4, -0.2) is 20.9 Å². The topological polar surface area (TPSA) is 98.5 Å². The number of nitrogens with two attached hydrogens (primary N) is 1. The number of rotatable bonds is 8. The zero-order valence-electron chi connectivity index (χ0n) is 14.9. The Morgan fingerprint density at radius 1 is 1.08 bits per heavy atom. The molecule has 26 heavy (non-hydrogen) atoms. The summed E-state index contributed by atoms with van der Waals surface area (Å²) in [6.07, 6.45) is 0.883. The molecule has 1 amide bonds. The van der Waals surface area contributed by atoms with Crippen LogP contribution < -0.4 is 15.2 Å². The van der Waals surface area contributed by atoms with E-state index < -0.39 is 10.0 Å². The van der Waals surface area contributed by atoms with Gasteiger partial charge < -0.3 is 10.1 Å². The van der Waals surface area contributed by atoms with Crippen LogP contribution in [0.1, 0.15) is 38.2 Å². The molecular formula is C19H24N2O4S. The Balaban J connectivity index is 1.73.